The maximum atomic E-state index is 12.9. The SMILES string of the molecule is Cc1nc(COc2ccc(C(=O)Nc3cc(C(C)(C)C)nn3-c3ncccn3)cc2)no1. The quantitative estimate of drug-likeness (QED) is 0.491. The summed E-state index contributed by atoms with van der Waals surface area (Å²) in [7, 11) is 0. The van der Waals surface area contributed by atoms with E-state index in [4.69, 9.17) is 9.26 Å². The van der Waals surface area contributed by atoms with Crippen molar-refractivity contribution in [3.8, 4) is 11.7 Å². The summed E-state index contributed by atoms with van der Waals surface area (Å²) < 4.78 is 12.1. The minimum atomic E-state index is -0.289. The van der Waals surface area contributed by atoms with Gasteiger partial charge in [-0.15, -0.1) is 0 Å². The lowest BCUT2D eigenvalue weighted by Gasteiger charge is -2.13. The Balaban J connectivity index is 1.50. The molecule has 3 aromatic heterocycles. The first-order valence-corrected chi connectivity index (χ1v) is 10.0. The first-order chi connectivity index (χ1) is 15.3. The monoisotopic (exact) mass is 433 g/mol. The second-order valence-corrected chi connectivity index (χ2v) is 8.12. The highest BCUT2D eigenvalue weighted by Gasteiger charge is 2.22. The molecule has 0 aliphatic heterocycles. The summed E-state index contributed by atoms with van der Waals surface area (Å²) in [5.74, 6) is 2.09. The number of benzene rings is 1. The first-order valence-electron chi connectivity index (χ1n) is 10.0. The molecule has 0 aliphatic rings. The van der Waals surface area contributed by atoms with E-state index >= 15 is 0 Å². The molecular formula is C22H23N7O3. The summed E-state index contributed by atoms with van der Waals surface area (Å²) in [5.41, 5.74) is 1.06. The zero-order valence-electron chi connectivity index (χ0n) is 18.2. The number of aryl methyl sites for hydroxylation is 1. The Hall–Kier alpha value is -4.08. The van der Waals surface area contributed by atoms with Crippen LogP contribution in [0.3, 0.4) is 0 Å². The largest absolute Gasteiger partial charge is 0.485 e. The summed E-state index contributed by atoms with van der Waals surface area (Å²) >= 11 is 0. The van der Waals surface area contributed by atoms with Gasteiger partial charge in [-0.3, -0.25) is 4.79 Å². The minimum absolute atomic E-state index is 0.175. The third-order valence-electron chi connectivity index (χ3n) is 4.52. The highest BCUT2D eigenvalue weighted by Crippen LogP contribution is 2.26. The number of anilines is 1. The average Bonchev–Trinajstić information content (AvgIpc) is 3.39. The van der Waals surface area contributed by atoms with E-state index in [-0.39, 0.29) is 17.9 Å². The molecule has 0 saturated heterocycles. The van der Waals surface area contributed by atoms with Crippen LogP contribution >= 0.6 is 0 Å². The van der Waals surface area contributed by atoms with Crippen molar-refractivity contribution in [2.24, 2.45) is 0 Å². The standard InChI is InChI=1S/C22H23N7O3/c1-14-25-18(28-32-14)13-31-16-8-6-15(7-9-16)20(30)26-19-12-17(22(2,3)4)27-29(19)21-23-10-5-11-24-21/h5-12H,13H2,1-4H3,(H,26,30). The molecule has 10 nitrogen and oxygen atoms in total. The van der Waals surface area contributed by atoms with Crippen LogP contribution in [-0.4, -0.2) is 35.8 Å². The van der Waals surface area contributed by atoms with Gasteiger partial charge in [0.25, 0.3) is 11.9 Å². The van der Waals surface area contributed by atoms with Gasteiger partial charge < -0.3 is 14.6 Å². The van der Waals surface area contributed by atoms with Crippen LogP contribution in [0.25, 0.3) is 5.95 Å². The molecule has 0 unspecified atom stereocenters. The fraction of sp³-hybridized carbons (Fsp3) is 0.273. The number of rotatable bonds is 6. The van der Waals surface area contributed by atoms with E-state index < -0.39 is 0 Å². The van der Waals surface area contributed by atoms with Crippen molar-refractivity contribution >= 4 is 11.7 Å². The average molecular weight is 433 g/mol. The topological polar surface area (TPSA) is 121 Å². The summed E-state index contributed by atoms with van der Waals surface area (Å²) in [4.78, 5) is 25.5. The molecule has 0 spiro atoms. The number of ether oxygens (including phenoxy) is 1. The Morgan fingerprint density at radius 1 is 1.16 bits per heavy atom. The molecule has 0 fully saturated rings. The van der Waals surface area contributed by atoms with Gasteiger partial charge in [0.15, 0.2) is 6.61 Å². The van der Waals surface area contributed by atoms with Gasteiger partial charge in [0.2, 0.25) is 11.7 Å². The van der Waals surface area contributed by atoms with Crippen LogP contribution in [0, 0.1) is 6.92 Å². The molecule has 32 heavy (non-hydrogen) atoms. The molecule has 164 valence electrons. The predicted octanol–water partition coefficient (Wildman–Crippen LogP) is 3.48. The smallest absolute Gasteiger partial charge is 0.256 e. The van der Waals surface area contributed by atoms with Crippen LogP contribution in [0.4, 0.5) is 5.82 Å². The Bertz CT molecular complexity index is 1210. The zero-order valence-corrected chi connectivity index (χ0v) is 18.2. The lowest BCUT2D eigenvalue weighted by atomic mass is 9.92. The summed E-state index contributed by atoms with van der Waals surface area (Å²) in [6.45, 7) is 8.03. The molecule has 0 saturated carbocycles. The van der Waals surface area contributed by atoms with Crippen LogP contribution in [0.15, 0.2) is 53.3 Å². The van der Waals surface area contributed by atoms with E-state index in [1.54, 1.807) is 49.6 Å². The third-order valence-corrected chi connectivity index (χ3v) is 4.52. The molecule has 1 aromatic carbocycles. The molecule has 0 radical (unpaired) electrons. The molecule has 1 N–H and O–H groups in total. The minimum Gasteiger partial charge on any atom is -0.485 e. The van der Waals surface area contributed by atoms with Crippen molar-refractivity contribution in [1.82, 2.24) is 29.9 Å². The van der Waals surface area contributed by atoms with E-state index in [2.05, 4.69) is 30.5 Å². The van der Waals surface area contributed by atoms with E-state index in [9.17, 15) is 4.79 Å². The number of carbonyl (C=O) groups excluding carboxylic acids is 1. The van der Waals surface area contributed by atoms with Gasteiger partial charge >= 0.3 is 0 Å². The summed E-state index contributed by atoms with van der Waals surface area (Å²) in [6, 6.07) is 10.3. The number of nitrogens with zero attached hydrogens (tertiary/aromatic N) is 6. The van der Waals surface area contributed by atoms with Gasteiger partial charge in [-0.05, 0) is 30.3 Å². The number of amides is 1. The van der Waals surface area contributed by atoms with Gasteiger partial charge in [0.1, 0.15) is 11.6 Å². The lowest BCUT2D eigenvalue weighted by Crippen LogP contribution is -2.16. The van der Waals surface area contributed by atoms with E-state index in [0.29, 0.717) is 34.8 Å². The van der Waals surface area contributed by atoms with Crippen molar-refractivity contribution in [2.45, 2.75) is 39.7 Å². The highest BCUT2D eigenvalue weighted by molar-refractivity contribution is 6.04. The van der Waals surface area contributed by atoms with Crippen LogP contribution in [0.5, 0.6) is 5.75 Å². The third kappa shape index (κ3) is 4.80. The molecule has 1 amide bonds. The van der Waals surface area contributed by atoms with Gasteiger partial charge in [-0.25, -0.2) is 9.97 Å². The second-order valence-electron chi connectivity index (χ2n) is 8.12. The number of hydrogen-bond acceptors (Lipinski definition) is 8. The molecule has 0 atom stereocenters. The van der Waals surface area contributed by atoms with E-state index in [0.717, 1.165) is 5.69 Å². The molecule has 4 rings (SSSR count). The van der Waals surface area contributed by atoms with Gasteiger partial charge in [0, 0.05) is 36.4 Å². The molecule has 10 heteroatoms. The Labute approximate surface area is 184 Å². The summed E-state index contributed by atoms with van der Waals surface area (Å²) in [6.07, 6.45) is 3.25. The normalized spacial score (nSPS) is 11.4. The van der Waals surface area contributed by atoms with E-state index in [1.807, 2.05) is 26.8 Å². The fourth-order valence-electron chi connectivity index (χ4n) is 2.83. The van der Waals surface area contributed by atoms with Crippen LogP contribution in [0.2, 0.25) is 0 Å². The first kappa shape index (κ1) is 21.2. The van der Waals surface area contributed by atoms with Gasteiger partial charge in [-0.1, -0.05) is 25.9 Å². The lowest BCUT2D eigenvalue weighted by molar-refractivity contribution is 0.102. The van der Waals surface area contributed by atoms with Crippen LogP contribution in [0.1, 0.15) is 48.5 Å². The Morgan fingerprint density at radius 3 is 2.50 bits per heavy atom. The highest BCUT2D eigenvalue weighted by atomic mass is 16.5. The number of carbonyl (C=O) groups is 1. The predicted molar refractivity (Wildman–Crippen MR) is 116 cm³/mol. The maximum Gasteiger partial charge on any atom is 0.256 e. The number of aromatic nitrogens is 6. The van der Waals surface area contributed by atoms with Gasteiger partial charge in [-0.2, -0.15) is 14.8 Å². The fourth-order valence-corrected chi connectivity index (χ4v) is 2.83. The van der Waals surface area contributed by atoms with Crippen molar-refractivity contribution < 1.29 is 14.1 Å². The van der Waals surface area contributed by atoms with E-state index in [1.165, 1.54) is 4.68 Å². The van der Waals surface area contributed by atoms with Crippen LogP contribution in [-0.2, 0) is 12.0 Å². The second kappa shape index (κ2) is 8.58. The summed E-state index contributed by atoms with van der Waals surface area (Å²) in [5, 5.41) is 11.3. The zero-order chi connectivity index (χ0) is 22.7. The molecular weight excluding hydrogens is 410 g/mol. The van der Waals surface area contributed by atoms with Crippen LogP contribution < -0.4 is 10.1 Å². The Kier molecular flexibility index (Phi) is 5.67. The van der Waals surface area contributed by atoms with Crippen molar-refractivity contribution in [2.75, 3.05) is 5.32 Å². The van der Waals surface area contributed by atoms with Crippen molar-refractivity contribution in [3.05, 3.63) is 71.8 Å². The van der Waals surface area contributed by atoms with Crippen molar-refractivity contribution in [3.63, 3.8) is 0 Å². The number of nitrogens with one attached hydrogen (secondary N) is 1. The van der Waals surface area contributed by atoms with Gasteiger partial charge in [0.05, 0.1) is 5.69 Å². The molecule has 4 aromatic rings. The number of hydrogen-bond donors (Lipinski definition) is 1. The maximum absolute atomic E-state index is 12.9. The molecule has 3 heterocycles. The van der Waals surface area contributed by atoms with Crippen molar-refractivity contribution in [1.29, 1.82) is 0 Å². The molecule has 0 bridgehead atoms. The Morgan fingerprint density at radius 2 is 1.88 bits per heavy atom. The molecule has 0 aliphatic carbocycles.